The fraction of sp³-hybridized carbons (Fsp3) is 0.636. The van der Waals surface area contributed by atoms with Crippen LogP contribution in [0.5, 0.6) is 0 Å². The van der Waals surface area contributed by atoms with Crippen LogP contribution in [0, 0.1) is 0 Å². The van der Waals surface area contributed by atoms with Gasteiger partial charge in [0.25, 0.3) is 0 Å². The van der Waals surface area contributed by atoms with Crippen molar-refractivity contribution in [1.29, 1.82) is 0 Å². The Morgan fingerprint density at radius 1 is 1.50 bits per heavy atom. The lowest BCUT2D eigenvalue weighted by Crippen LogP contribution is -2.38. The predicted molar refractivity (Wildman–Crippen MR) is 75.9 cm³/mol. The molecule has 0 radical (unpaired) electrons. The number of hydrogen-bond acceptors (Lipinski definition) is 5. The van der Waals surface area contributed by atoms with Crippen LogP contribution < -0.4 is 10.2 Å². The molecule has 0 unspecified atom stereocenters. The molecule has 0 spiro atoms. The molecule has 1 N–H and O–H groups in total. The Balaban J connectivity index is 2.12. The molecular formula is C11H17ClN4OS. The zero-order chi connectivity index (χ0) is 13.0. The molecule has 2 rings (SSSR count). The quantitative estimate of drug-likeness (QED) is 0.910. The van der Waals surface area contributed by atoms with Crippen molar-refractivity contribution in [2.45, 2.75) is 13.3 Å². The fourth-order valence-electron chi connectivity index (χ4n) is 1.75. The highest BCUT2D eigenvalue weighted by Gasteiger charge is 2.19. The second kappa shape index (κ2) is 6.33. The minimum atomic E-state index is -0.695. The Morgan fingerprint density at radius 3 is 2.89 bits per heavy atom. The van der Waals surface area contributed by atoms with Gasteiger partial charge in [0.2, 0.25) is 5.95 Å². The second-order valence-corrected chi connectivity index (χ2v) is 6.23. The molecule has 0 amide bonds. The zero-order valence-corrected chi connectivity index (χ0v) is 11.9. The van der Waals surface area contributed by atoms with Crippen molar-refractivity contribution < 1.29 is 4.21 Å². The molecule has 5 nitrogen and oxygen atoms in total. The predicted octanol–water partition coefficient (Wildman–Crippen LogP) is 1.52. The molecule has 7 heteroatoms. The van der Waals surface area contributed by atoms with Crippen LogP contribution in [0.2, 0.25) is 5.02 Å². The minimum Gasteiger partial charge on any atom is -0.354 e. The van der Waals surface area contributed by atoms with E-state index in [4.69, 9.17) is 11.6 Å². The molecule has 0 atom stereocenters. The number of rotatable bonds is 4. The average molecular weight is 289 g/mol. The Kier molecular flexibility index (Phi) is 4.77. The largest absolute Gasteiger partial charge is 0.354 e. The van der Waals surface area contributed by atoms with E-state index in [1.54, 1.807) is 6.20 Å². The van der Waals surface area contributed by atoms with Crippen LogP contribution in [-0.2, 0) is 10.8 Å². The summed E-state index contributed by atoms with van der Waals surface area (Å²) in [6.07, 6.45) is 2.64. The first kappa shape index (κ1) is 13.5. The monoisotopic (exact) mass is 288 g/mol. The van der Waals surface area contributed by atoms with Gasteiger partial charge in [-0.3, -0.25) is 4.21 Å². The summed E-state index contributed by atoms with van der Waals surface area (Å²) in [7, 11) is -0.695. The van der Waals surface area contributed by atoms with Crippen molar-refractivity contribution in [2.24, 2.45) is 0 Å². The van der Waals surface area contributed by atoms with Gasteiger partial charge in [0, 0.05) is 41.9 Å². The summed E-state index contributed by atoms with van der Waals surface area (Å²) in [6.45, 7) is 4.39. The molecule has 18 heavy (non-hydrogen) atoms. The topological polar surface area (TPSA) is 58.1 Å². The molecule has 1 aliphatic rings. The van der Waals surface area contributed by atoms with E-state index in [0.717, 1.165) is 31.9 Å². The van der Waals surface area contributed by atoms with Crippen molar-refractivity contribution in [3.8, 4) is 0 Å². The Bertz CT molecular complexity index is 433. The summed E-state index contributed by atoms with van der Waals surface area (Å²) in [6, 6.07) is 0. The Labute approximate surface area is 114 Å². The number of nitrogens with zero attached hydrogens (tertiary/aromatic N) is 3. The van der Waals surface area contributed by atoms with Gasteiger partial charge in [-0.1, -0.05) is 18.5 Å². The molecule has 100 valence electrons. The van der Waals surface area contributed by atoms with Crippen LogP contribution >= 0.6 is 11.6 Å². The van der Waals surface area contributed by atoms with Crippen molar-refractivity contribution >= 4 is 34.2 Å². The maximum absolute atomic E-state index is 11.3. The Hall–Kier alpha value is -0.880. The molecule has 1 aromatic rings. The van der Waals surface area contributed by atoms with Gasteiger partial charge in [0.15, 0.2) is 5.82 Å². The molecule has 1 aromatic heterocycles. The molecule has 1 saturated heterocycles. The number of halogens is 1. The van der Waals surface area contributed by atoms with Crippen molar-refractivity contribution in [3.63, 3.8) is 0 Å². The van der Waals surface area contributed by atoms with Crippen LogP contribution in [0.1, 0.15) is 13.3 Å². The van der Waals surface area contributed by atoms with E-state index in [1.807, 2.05) is 0 Å². The van der Waals surface area contributed by atoms with Crippen LogP contribution in [-0.4, -0.2) is 45.3 Å². The van der Waals surface area contributed by atoms with Gasteiger partial charge >= 0.3 is 0 Å². The highest BCUT2D eigenvalue weighted by molar-refractivity contribution is 7.85. The smallest absolute Gasteiger partial charge is 0.224 e. The molecule has 0 aliphatic carbocycles. The highest BCUT2D eigenvalue weighted by atomic mass is 35.5. The van der Waals surface area contributed by atoms with Crippen LogP contribution in [0.4, 0.5) is 11.8 Å². The van der Waals surface area contributed by atoms with Crippen LogP contribution in [0.25, 0.3) is 0 Å². The van der Waals surface area contributed by atoms with E-state index in [9.17, 15) is 4.21 Å². The van der Waals surface area contributed by atoms with E-state index in [0.29, 0.717) is 22.5 Å². The van der Waals surface area contributed by atoms with Crippen LogP contribution in [0.3, 0.4) is 0 Å². The van der Waals surface area contributed by atoms with E-state index >= 15 is 0 Å². The maximum atomic E-state index is 11.3. The molecule has 0 saturated carbocycles. The summed E-state index contributed by atoms with van der Waals surface area (Å²) in [4.78, 5) is 10.6. The normalized spacial score (nSPS) is 16.9. The van der Waals surface area contributed by atoms with Gasteiger partial charge in [-0.05, 0) is 6.42 Å². The van der Waals surface area contributed by atoms with E-state index < -0.39 is 10.8 Å². The summed E-state index contributed by atoms with van der Waals surface area (Å²) in [5.74, 6) is 2.70. The number of aromatic nitrogens is 2. The minimum absolute atomic E-state index is 0.546. The lowest BCUT2D eigenvalue weighted by molar-refractivity contribution is 0.672. The van der Waals surface area contributed by atoms with E-state index in [2.05, 4.69) is 27.1 Å². The molecule has 2 heterocycles. The number of hydrogen-bond donors (Lipinski definition) is 1. The molecule has 0 bridgehead atoms. The van der Waals surface area contributed by atoms with Crippen molar-refractivity contribution in [2.75, 3.05) is 41.4 Å². The number of nitrogens with one attached hydrogen (secondary N) is 1. The standard InChI is InChI=1S/C11H17ClN4OS/c1-2-3-13-11-14-8-9(12)10(15-11)16-4-6-18(17)7-5-16/h8H,2-7H2,1H3,(H,13,14,15). The summed E-state index contributed by atoms with van der Waals surface area (Å²) in [5, 5.41) is 3.69. The van der Waals surface area contributed by atoms with Crippen molar-refractivity contribution in [3.05, 3.63) is 11.2 Å². The fourth-order valence-corrected chi connectivity index (χ4v) is 3.01. The third-order valence-corrected chi connectivity index (χ3v) is 4.28. The second-order valence-electron chi connectivity index (χ2n) is 4.13. The third-order valence-electron chi connectivity index (χ3n) is 2.74. The first-order valence-electron chi connectivity index (χ1n) is 6.07. The van der Waals surface area contributed by atoms with Crippen molar-refractivity contribution in [1.82, 2.24) is 9.97 Å². The van der Waals surface area contributed by atoms with Gasteiger partial charge < -0.3 is 10.2 Å². The molecule has 1 aliphatic heterocycles. The lowest BCUT2D eigenvalue weighted by atomic mass is 10.4. The average Bonchev–Trinajstić information content (AvgIpc) is 2.39. The van der Waals surface area contributed by atoms with Gasteiger partial charge in [-0.2, -0.15) is 4.98 Å². The molecular weight excluding hydrogens is 272 g/mol. The summed E-state index contributed by atoms with van der Waals surface area (Å²) in [5.41, 5.74) is 0. The first-order valence-corrected chi connectivity index (χ1v) is 7.93. The lowest BCUT2D eigenvalue weighted by Gasteiger charge is -2.28. The molecule has 1 fully saturated rings. The summed E-state index contributed by atoms with van der Waals surface area (Å²) >= 11 is 6.13. The highest BCUT2D eigenvalue weighted by Crippen LogP contribution is 2.24. The molecule has 0 aromatic carbocycles. The Morgan fingerprint density at radius 2 is 2.22 bits per heavy atom. The SMILES string of the molecule is CCCNc1ncc(Cl)c(N2CCS(=O)CC2)n1. The van der Waals surface area contributed by atoms with Gasteiger partial charge in [-0.25, -0.2) is 4.98 Å². The number of anilines is 2. The zero-order valence-electron chi connectivity index (χ0n) is 10.4. The van der Waals surface area contributed by atoms with E-state index in [-0.39, 0.29) is 0 Å². The van der Waals surface area contributed by atoms with Gasteiger partial charge in [0.05, 0.1) is 6.20 Å². The van der Waals surface area contributed by atoms with Gasteiger partial charge in [0.1, 0.15) is 5.02 Å². The van der Waals surface area contributed by atoms with E-state index in [1.165, 1.54) is 0 Å². The third kappa shape index (κ3) is 3.32. The van der Waals surface area contributed by atoms with Crippen LogP contribution in [0.15, 0.2) is 6.20 Å². The first-order chi connectivity index (χ1) is 8.70. The maximum Gasteiger partial charge on any atom is 0.224 e. The summed E-state index contributed by atoms with van der Waals surface area (Å²) < 4.78 is 11.3. The van der Waals surface area contributed by atoms with Gasteiger partial charge in [-0.15, -0.1) is 0 Å².